The normalized spacial score (nSPS) is 14.6. The van der Waals surface area contributed by atoms with Crippen LogP contribution >= 0.6 is 0 Å². The number of carbonyl (C=O) groups is 1. The van der Waals surface area contributed by atoms with E-state index in [1.54, 1.807) is 12.1 Å². The van der Waals surface area contributed by atoms with Crippen molar-refractivity contribution in [2.45, 2.75) is 13.2 Å². The van der Waals surface area contributed by atoms with Crippen LogP contribution in [0.5, 0.6) is 0 Å². The van der Waals surface area contributed by atoms with E-state index in [1.807, 2.05) is 48.8 Å². The molecule has 1 aromatic heterocycles. The maximum atomic E-state index is 11.0. The first-order valence-corrected chi connectivity index (χ1v) is 9.94. The number of aromatic nitrogens is 2. The van der Waals surface area contributed by atoms with Gasteiger partial charge in [0.15, 0.2) is 0 Å². The zero-order chi connectivity index (χ0) is 20.9. The summed E-state index contributed by atoms with van der Waals surface area (Å²) < 4.78 is 0. The zero-order valence-corrected chi connectivity index (χ0v) is 16.6. The van der Waals surface area contributed by atoms with E-state index in [0.717, 1.165) is 60.9 Å². The van der Waals surface area contributed by atoms with E-state index < -0.39 is 5.97 Å². The maximum Gasteiger partial charge on any atom is 0.335 e. The molecule has 0 spiro atoms. The Balaban J connectivity index is 1.34. The SMILES string of the molecule is O=C(O)c1ccc(CN2CCN(c3ncc(-c4cccc(CO)c4)cn3)CC2)cc1. The summed E-state index contributed by atoms with van der Waals surface area (Å²) in [5.74, 6) is -0.176. The van der Waals surface area contributed by atoms with Crippen molar-refractivity contribution < 1.29 is 15.0 Å². The minimum Gasteiger partial charge on any atom is -0.478 e. The minimum atomic E-state index is -0.901. The summed E-state index contributed by atoms with van der Waals surface area (Å²) >= 11 is 0. The number of aromatic carboxylic acids is 1. The predicted octanol–water partition coefficient (Wildman–Crippen LogP) is 2.66. The number of rotatable bonds is 6. The van der Waals surface area contributed by atoms with Gasteiger partial charge in [0.05, 0.1) is 12.2 Å². The van der Waals surface area contributed by atoms with Gasteiger partial charge in [-0.1, -0.05) is 30.3 Å². The first-order valence-electron chi connectivity index (χ1n) is 9.94. The number of hydrogen-bond donors (Lipinski definition) is 2. The molecule has 4 rings (SSSR count). The summed E-state index contributed by atoms with van der Waals surface area (Å²) in [5, 5.41) is 18.3. The number of hydrogen-bond acceptors (Lipinski definition) is 6. The van der Waals surface area contributed by atoms with Crippen LogP contribution in [-0.4, -0.2) is 57.2 Å². The number of aliphatic hydroxyl groups excluding tert-OH is 1. The summed E-state index contributed by atoms with van der Waals surface area (Å²) in [6, 6.07) is 14.8. The Morgan fingerprint density at radius 1 is 0.900 bits per heavy atom. The third kappa shape index (κ3) is 4.64. The minimum absolute atomic E-state index is 0.0146. The molecule has 7 heteroatoms. The second-order valence-electron chi connectivity index (χ2n) is 7.40. The van der Waals surface area contributed by atoms with Crippen LogP contribution in [0.4, 0.5) is 5.95 Å². The second-order valence-corrected chi connectivity index (χ2v) is 7.40. The number of carboxylic acids is 1. The van der Waals surface area contributed by atoms with Crippen LogP contribution < -0.4 is 4.90 Å². The van der Waals surface area contributed by atoms with Gasteiger partial charge in [-0.3, -0.25) is 4.90 Å². The molecule has 0 aliphatic carbocycles. The van der Waals surface area contributed by atoms with Crippen molar-refractivity contribution in [3.8, 4) is 11.1 Å². The van der Waals surface area contributed by atoms with Gasteiger partial charge in [0.25, 0.3) is 0 Å². The molecule has 0 amide bonds. The van der Waals surface area contributed by atoms with Crippen molar-refractivity contribution >= 4 is 11.9 Å². The Morgan fingerprint density at radius 3 is 2.23 bits per heavy atom. The Kier molecular flexibility index (Phi) is 6.02. The van der Waals surface area contributed by atoms with E-state index >= 15 is 0 Å². The first kappa shape index (κ1) is 20.0. The van der Waals surface area contributed by atoms with Gasteiger partial charge in [-0.15, -0.1) is 0 Å². The highest BCUT2D eigenvalue weighted by Gasteiger charge is 2.19. The van der Waals surface area contributed by atoms with E-state index in [-0.39, 0.29) is 6.61 Å². The molecule has 0 atom stereocenters. The van der Waals surface area contributed by atoms with E-state index in [1.165, 1.54) is 0 Å². The molecule has 0 radical (unpaired) electrons. The molecule has 0 saturated carbocycles. The fraction of sp³-hybridized carbons (Fsp3) is 0.261. The van der Waals surface area contributed by atoms with Gasteiger partial charge in [0.2, 0.25) is 5.95 Å². The van der Waals surface area contributed by atoms with Crippen molar-refractivity contribution in [3.63, 3.8) is 0 Å². The van der Waals surface area contributed by atoms with Gasteiger partial charge in [-0.05, 0) is 34.9 Å². The van der Waals surface area contributed by atoms with Crippen LogP contribution in [0, 0.1) is 0 Å². The average Bonchev–Trinajstić information content (AvgIpc) is 2.80. The number of carboxylic acid groups (broad SMARTS) is 1. The smallest absolute Gasteiger partial charge is 0.335 e. The fourth-order valence-electron chi connectivity index (χ4n) is 3.60. The standard InChI is InChI=1S/C23H24N4O3/c28-16-18-2-1-3-20(12-18)21-13-24-23(25-14-21)27-10-8-26(9-11-27)15-17-4-6-19(7-5-17)22(29)30/h1-7,12-14,28H,8-11,15-16H2,(H,29,30). The van der Waals surface area contributed by atoms with Gasteiger partial charge in [0.1, 0.15) is 0 Å². The lowest BCUT2D eigenvalue weighted by atomic mass is 10.1. The first-order chi connectivity index (χ1) is 14.6. The van der Waals surface area contributed by atoms with Crippen molar-refractivity contribution in [1.29, 1.82) is 0 Å². The quantitative estimate of drug-likeness (QED) is 0.653. The fourth-order valence-corrected chi connectivity index (χ4v) is 3.60. The summed E-state index contributed by atoms with van der Waals surface area (Å²) in [5.41, 5.74) is 4.21. The Morgan fingerprint density at radius 2 is 1.60 bits per heavy atom. The lowest BCUT2D eigenvalue weighted by molar-refractivity contribution is 0.0697. The van der Waals surface area contributed by atoms with Crippen LogP contribution in [0.3, 0.4) is 0 Å². The molecule has 2 heterocycles. The molecule has 3 aromatic rings. The highest BCUT2D eigenvalue weighted by atomic mass is 16.4. The number of anilines is 1. The van der Waals surface area contributed by atoms with E-state index in [0.29, 0.717) is 5.56 Å². The van der Waals surface area contributed by atoms with Gasteiger partial charge in [-0.25, -0.2) is 14.8 Å². The van der Waals surface area contributed by atoms with E-state index in [4.69, 9.17) is 5.11 Å². The van der Waals surface area contributed by atoms with Gasteiger partial charge >= 0.3 is 5.97 Å². The van der Waals surface area contributed by atoms with Gasteiger partial charge < -0.3 is 15.1 Å². The summed E-state index contributed by atoms with van der Waals surface area (Å²) in [7, 11) is 0. The monoisotopic (exact) mass is 404 g/mol. The predicted molar refractivity (Wildman–Crippen MR) is 114 cm³/mol. The third-order valence-corrected chi connectivity index (χ3v) is 5.34. The number of nitrogens with zero attached hydrogens (tertiary/aromatic N) is 4. The van der Waals surface area contributed by atoms with E-state index in [2.05, 4.69) is 19.8 Å². The van der Waals surface area contributed by atoms with Crippen LogP contribution in [-0.2, 0) is 13.2 Å². The highest BCUT2D eigenvalue weighted by Crippen LogP contribution is 2.21. The lowest BCUT2D eigenvalue weighted by Gasteiger charge is -2.34. The van der Waals surface area contributed by atoms with E-state index in [9.17, 15) is 9.90 Å². The Hall–Kier alpha value is -3.29. The molecule has 1 fully saturated rings. The van der Waals surface area contributed by atoms with Crippen LogP contribution in [0.2, 0.25) is 0 Å². The van der Waals surface area contributed by atoms with Crippen molar-refractivity contribution in [3.05, 3.63) is 77.6 Å². The molecule has 154 valence electrons. The topological polar surface area (TPSA) is 89.8 Å². The molecule has 2 N–H and O–H groups in total. The molecule has 7 nitrogen and oxygen atoms in total. The maximum absolute atomic E-state index is 11.0. The number of aliphatic hydroxyl groups is 1. The molecule has 1 saturated heterocycles. The molecule has 0 unspecified atom stereocenters. The average molecular weight is 404 g/mol. The van der Waals surface area contributed by atoms with Crippen molar-refractivity contribution in [2.24, 2.45) is 0 Å². The summed E-state index contributed by atoms with van der Waals surface area (Å²) in [4.78, 5) is 24.6. The molecule has 1 aliphatic heterocycles. The molecular formula is C23H24N4O3. The molecule has 2 aromatic carbocycles. The van der Waals surface area contributed by atoms with Gasteiger partial charge in [0, 0.05) is 50.7 Å². The second kappa shape index (κ2) is 9.02. The molecule has 0 bridgehead atoms. The lowest BCUT2D eigenvalue weighted by Crippen LogP contribution is -2.46. The Labute approximate surface area is 175 Å². The molecule has 30 heavy (non-hydrogen) atoms. The van der Waals surface area contributed by atoms with Crippen molar-refractivity contribution in [1.82, 2.24) is 14.9 Å². The largest absolute Gasteiger partial charge is 0.478 e. The number of benzene rings is 2. The summed E-state index contributed by atoms with van der Waals surface area (Å²) in [6.45, 7) is 4.28. The van der Waals surface area contributed by atoms with Crippen LogP contribution in [0.15, 0.2) is 60.9 Å². The van der Waals surface area contributed by atoms with Crippen LogP contribution in [0.25, 0.3) is 11.1 Å². The number of piperazine rings is 1. The van der Waals surface area contributed by atoms with Gasteiger partial charge in [-0.2, -0.15) is 0 Å². The van der Waals surface area contributed by atoms with Crippen LogP contribution in [0.1, 0.15) is 21.5 Å². The third-order valence-electron chi connectivity index (χ3n) is 5.34. The highest BCUT2D eigenvalue weighted by molar-refractivity contribution is 5.87. The molecular weight excluding hydrogens is 380 g/mol. The Bertz CT molecular complexity index is 998. The summed E-state index contributed by atoms with van der Waals surface area (Å²) in [6.07, 6.45) is 3.66. The molecule has 1 aliphatic rings. The van der Waals surface area contributed by atoms with Crippen molar-refractivity contribution in [2.75, 3.05) is 31.1 Å². The zero-order valence-electron chi connectivity index (χ0n) is 16.6.